The van der Waals surface area contributed by atoms with E-state index in [9.17, 15) is 4.79 Å². The van der Waals surface area contributed by atoms with Crippen molar-refractivity contribution in [1.82, 2.24) is 9.78 Å². The molecule has 1 aromatic heterocycles. The first-order valence-electron chi connectivity index (χ1n) is 6.57. The normalized spacial score (nSPS) is 11.7. The molecule has 0 aliphatic carbocycles. The van der Waals surface area contributed by atoms with E-state index in [2.05, 4.69) is 5.10 Å². The first-order chi connectivity index (χ1) is 9.38. The quantitative estimate of drug-likeness (QED) is 0.899. The number of nitrogens with two attached hydrogens (primary N) is 1. The standard InChI is InChI=1S/C15H21N3O2/c1-15(2,3)13-12(9-16)14(19)18(17-13)10-6-5-7-11(8-10)20-4/h5-8,17H,9,16H2,1-4H3. The highest BCUT2D eigenvalue weighted by Gasteiger charge is 2.24. The molecule has 0 aliphatic heterocycles. The number of methoxy groups -OCH3 is 1. The summed E-state index contributed by atoms with van der Waals surface area (Å²) < 4.78 is 6.71. The summed E-state index contributed by atoms with van der Waals surface area (Å²) in [6.45, 7) is 6.37. The second-order valence-corrected chi connectivity index (χ2v) is 5.76. The van der Waals surface area contributed by atoms with Gasteiger partial charge in [-0.1, -0.05) is 26.8 Å². The van der Waals surface area contributed by atoms with Crippen LogP contribution in [-0.2, 0) is 12.0 Å². The molecule has 108 valence electrons. The maximum absolute atomic E-state index is 12.5. The van der Waals surface area contributed by atoms with Gasteiger partial charge in [0.2, 0.25) is 0 Å². The fourth-order valence-electron chi connectivity index (χ4n) is 2.21. The highest BCUT2D eigenvalue weighted by atomic mass is 16.5. The summed E-state index contributed by atoms with van der Waals surface area (Å²) in [4.78, 5) is 12.5. The predicted molar refractivity (Wildman–Crippen MR) is 79.5 cm³/mol. The molecule has 0 atom stereocenters. The Morgan fingerprint density at radius 3 is 2.55 bits per heavy atom. The third kappa shape index (κ3) is 2.49. The average molecular weight is 275 g/mol. The number of nitrogens with zero attached hydrogens (tertiary/aromatic N) is 1. The fraction of sp³-hybridized carbons (Fsp3) is 0.400. The van der Waals surface area contributed by atoms with Crippen LogP contribution in [0.1, 0.15) is 32.0 Å². The number of benzene rings is 1. The van der Waals surface area contributed by atoms with Crippen LogP contribution in [0.15, 0.2) is 29.1 Å². The lowest BCUT2D eigenvalue weighted by Gasteiger charge is -2.17. The van der Waals surface area contributed by atoms with Crippen molar-refractivity contribution in [2.45, 2.75) is 32.7 Å². The number of hydrogen-bond donors (Lipinski definition) is 2. The van der Waals surface area contributed by atoms with Crippen LogP contribution in [-0.4, -0.2) is 16.9 Å². The van der Waals surface area contributed by atoms with E-state index in [-0.39, 0.29) is 17.5 Å². The summed E-state index contributed by atoms with van der Waals surface area (Å²) in [6, 6.07) is 7.35. The molecule has 1 aromatic carbocycles. The van der Waals surface area contributed by atoms with E-state index in [1.165, 1.54) is 4.68 Å². The first kappa shape index (κ1) is 14.4. The topological polar surface area (TPSA) is 73.0 Å². The Labute approximate surface area is 118 Å². The van der Waals surface area contributed by atoms with Crippen molar-refractivity contribution >= 4 is 0 Å². The van der Waals surface area contributed by atoms with Crippen LogP contribution >= 0.6 is 0 Å². The number of ether oxygens (including phenoxy) is 1. The van der Waals surface area contributed by atoms with Gasteiger partial charge < -0.3 is 10.5 Å². The highest BCUT2D eigenvalue weighted by molar-refractivity contribution is 5.40. The molecule has 0 amide bonds. The Balaban J connectivity index is 2.64. The van der Waals surface area contributed by atoms with E-state index >= 15 is 0 Å². The van der Waals surface area contributed by atoms with Crippen molar-refractivity contribution in [3.05, 3.63) is 45.9 Å². The van der Waals surface area contributed by atoms with Gasteiger partial charge in [0.25, 0.3) is 5.56 Å². The lowest BCUT2D eigenvalue weighted by atomic mass is 9.89. The third-order valence-electron chi connectivity index (χ3n) is 3.25. The Morgan fingerprint density at radius 2 is 2.05 bits per heavy atom. The van der Waals surface area contributed by atoms with Gasteiger partial charge in [-0.3, -0.25) is 9.89 Å². The van der Waals surface area contributed by atoms with Crippen LogP contribution in [0.4, 0.5) is 0 Å². The first-order valence-corrected chi connectivity index (χ1v) is 6.57. The van der Waals surface area contributed by atoms with E-state index in [0.717, 1.165) is 11.4 Å². The molecule has 0 bridgehead atoms. The second kappa shape index (κ2) is 5.17. The zero-order valence-electron chi connectivity index (χ0n) is 12.4. The third-order valence-corrected chi connectivity index (χ3v) is 3.25. The van der Waals surface area contributed by atoms with Crippen LogP contribution in [0.25, 0.3) is 5.69 Å². The molecule has 1 heterocycles. The van der Waals surface area contributed by atoms with Crippen molar-refractivity contribution in [2.24, 2.45) is 5.73 Å². The van der Waals surface area contributed by atoms with Gasteiger partial charge in [0.1, 0.15) is 5.75 Å². The van der Waals surface area contributed by atoms with Crippen LogP contribution < -0.4 is 16.0 Å². The number of aromatic amines is 1. The summed E-state index contributed by atoms with van der Waals surface area (Å²) in [5.41, 5.74) is 7.69. The number of rotatable bonds is 3. The van der Waals surface area contributed by atoms with Crippen LogP contribution in [0.5, 0.6) is 5.75 Å². The Kier molecular flexibility index (Phi) is 3.72. The number of hydrogen-bond acceptors (Lipinski definition) is 3. The zero-order chi connectivity index (χ0) is 14.9. The van der Waals surface area contributed by atoms with Gasteiger partial charge in [0, 0.05) is 23.7 Å². The molecule has 5 nitrogen and oxygen atoms in total. The lowest BCUT2D eigenvalue weighted by Crippen LogP contribution is -2.20. The molecule has 20 heavy (non-hydrogen) atoms. The van der Waals surface area contributed by atoms with Crippen molar-refractivity contribution < 1.29 is 4.74 Å². The molecule has 0 saturated carbocycles. The molecule has 5 heteroatoms. The molecular weight excluding hydrogens is 254 g/mol. The molecule has 2 aromatic rings. The predicted octanol–water partition coefficient (Wildman–Crippen LogP) is 1.93. The number of H-pyrrole nitrogens is 1. The van der Waals surface area contributed by atoms with Crippen LogP contribution in [0.3, 0.4) is 0 Å². The van der Waals surface area contributed by atoms with Crippen LogP contribution in [0, 0.1) is 0 Å². The van der Waals surface area contributed by atoms with E-state index in [0.29, 0.717) is 11.3 Å². The van der Waals surface area contributed by atoms with Crippen molar-refractivity contribution in [3.63, 3.8) is 0 Å². The van der Waals surface area contributed by atoms with Gasteiger partial charge in [-0.2, -0.15) is 0 Å². The minimum absolute atomic E-state index is 0.106. The average Bonchev–Trinajstić information content (AvgIpc) is 2.75. The Bertz CT molecular complexity index is 662. The van der Waals surface area contributed by atoms with Gasteiger partial charge in [-0.25, -0.2) is 4.68 Å². The molecule has 0 saturated heterocycles. The van der Waals surface area contributed by atoms with Gasteiger partial charge in [-0.05, 0) is 12.1 Å². The van der Waals surface area contributed by atoms with E-state index in [1.807, 2.05) is 45.0 Å². The van der Waals surface area contributed by atoms with Crippen molar-refractivity contribution in [3.8, 4) is 11.4 Å². The summed E-state index contributed by atoms with van der Waals surface area (Å²) in [7, 11) is 1.60. The molecule has 0 radical (unpaired) electrons. The molecule has 0 spiro atoms. The zero-order valence-corrected chi connectivity index (χ0v) is 12.4. The number of aromatic nitrogens is 2. The van der Waals surface area contributed by atoms with Crippen LogP contribution in [0.2, 0.25) is 0 Å². The molecule has 2 rings (SSSR count). The smallest absolute Gasteiger partial charge is 0.275 e. The monoisotopic (exact) mass is 275 g/mol. The summed E-state index contributed by atoms with van der Waals surface area (Å²) in [6.07, 6.45) is 0. The minimum atomic E-state index is -0.169. The number of nitrogens with one attached hydrogen (secondary N) is 1. The Hall–Kier alpha value is -2.01. The van der Waals surface area contributed by atoms with Gasteiger partial charge in [-0.15, -0.1) is 0 Å². The fourth-order valence-corrected chi connectivity index (χ4v) is 2.21. The summed E-state index contributed by atoms with van der Waals surface area (Å²) in [5, 5.41) is 3.18. The molecule has 0 aliphatic rings. The van der Waals surface area contributed by atoms with Crippen molar-refractivity contribution in [1.29, 1.82) is 0 Å². The molecule has 0 fully saturated rings. The largest absolute Gasteiger partial charge is 0.497 e. The minimum Gasteiger partial charge on any atom is -0.497 e. The second-order valence-electron chi connectivity index (χ2n) is 5.76. The lowest BCUT2D eigenvalue weighted by molar-refractivity contribution is 0.414. The Morgan fingerprint density at radius 1 is 1.35 bits per heavy atom. The van der Waals surface area contributed by atoms with Crippen molar-refractivity contribution in [2.75, 3.05) is 7.11 Å². The van der Waals surface area contributed by atoms with Gasteiger partial charge in [0.15, 0.2) is 0 Å². The summed E-state index contributed by atoms with van der Waals surface area (Å²) in [5.74, 6) is 0.704. The van der Waals surface area contributed by atoms with Gasteiger partial charge in [0.05, 0.1) is 18.4 Å². The maximum atomic E-state index is 12.5. The van der Waals surface area contributed by atoms with E-state index < -0.39 is 0 Å². The summed E-state index contributed by atoms with van der Waals surface area (Å²) >= 11 is 0. The molecule has 0 unspecified atom stereocenters. The highest BCUT2D eigenvalue weighted by Crippen LogP contribution is 2.23. The molecular formula is C15H21N3O2. The van der Waals surface area contributed by atoms with E-state index in [4.69, 9.17) is 10.5 Å². The maximum Gasteiger partial charge on any atom is 0.275 e. The molecule has 3 N–H and O–H groups in total. The van der Waals surface area contributed by atoms with E-state index in [1.54, 1.807) is 7.11 Å². The SMILES string of the molecule is COc1cccc(-n2[nH]c(C(C)(C)C)c(CN)c2=O)c1. The van der Waals surface area contributed by atoms with Gasteiger partial charge >= 0.3 is 0 Å².